The monoisotopic (exact) mass is 474 g/mol. The summed E-state index contributed by atoms with van der Waals surface area (Å²) in [7, 11) is -1.66. The minimum Gasteiger partial charge on any atom is -0.467 e. The fraction of sp³-hybridized carbons (Fsp3) is 0.0769. The van der Waals surface area contributed by atoms with Crippen molar-refractivity contribution >= 4 is 28.3 Å². The number of nitrogens with one attached hydrogen (secondary N) is 1. The molecule has 1 aliphatic heterocycles. The lowest BCUT2D eigenvalue weighted by atomic mass is 10.1. The number of anilines is 1. The minimum atomic E-state index is -1.66. The molecule has 34 heavy (non-hydrogen) atoms. The van der Waals surface area contributed by atoms with E-state index >= 15 is 0 Å². The highest BCUT2D eigenvalue weighted by Gasteiger charge is 2.32. The predicted molar refractivity (Wildman–Crippen MR) is 124 cm³/mol. The van der Waals surface area contributed by atoms with E-state index < -0.39 is 22.5 Å². The van der Waals surface area contributed by atoms with Crippen LogP contribution in [0, 0.1) is 5.82 Å². The van der Waals surface area contributed by atoms with Crippen LogP contribution in [0.4, 0.5) is 10.1 Å². The van der Waals surface area contributed by atoms with E-state index in [0.29, 0.717) is 26.8 Å². The third-order valence-corrected chi connectivity index (χ3v) is 7.06. The Morgan fingerprint density at radius 1 is 0.971 bits per heavy atom. The first-order valence-corrected chi connectivity index (χ1v) is 11.7. The van der Waals surface area contributed by atoms with Crippen molar-refractivity contribution in [1.82, 2.24) is 5.32 Å². The normalized spacial score (nSPS) is 14.8. The van der Waals surface area contributed by atoms with Crippen molar-refractivity contribution in [2.75, 3.05) is 4.90 Å². The summed E-state index contributed by atoms with van der Waals surface area (Å²) in [6.07, 6.45) is 1.52. The Bertz CT molecular complexity index is 1420. The third-order valence-electron chi connectivity index (χ3n) is 5.56. The molecule has 0 bridgehead atoms. The summed E-state index contributed by atoms with van der Waals surface area (Å²) in [5, 5.41) is 2.77. The van der Waals surface area contributed by atoms with E-state index in [1.807, 2.05) is 0 Å². The van der Waals surface area contributed by atoms with Crippen LogP contribution >= 0.6 is 0 Å². The summed E-state index contributed by atoms with van der Waals surface area (Å²) in [6, 6.07) is 21.0. The Hall–Kier alpha value is -4.04. The Labute approximate surface area is 197 Å². The molecule has 4 aromatic rings. The number of rotatable bonds is 5. The molecule has 2 heterocycles. The fourth-order valence-electron chi connectivity index (χ4n) is 3.84. The Balaban J connectivity index is 1.58. The maximum Gasteiger partial charge on any atom is 0.259 e. The number of amides is 2. The maximum absolute atomic E-state index is 14.5. The minimum absolute atomic E-state index is 0.0818. The molecule has 1 N–H and O–H groups in total. The Morgan fingerprint density at radius 2 is 1.76 bits per heavy atom. The van der Waals surface area contributed by atoms with Gasteiger partial charge in [-0.15, -0.1) is 0 Å². The number of nitrogens with zero attached hydrogens (tertiary/aromatic N) is 1. The van der Waals surface area contributed by atoms with Crippen molar-refractivity contribution in [3.63, 3.8) is 0 Å². The number of fused-ring (bicyclic) bond motifs is 2. The fourth-order valence-corrected chi connectivity index (χ4v) is 5.19. The van der Waals surface area contributed by atoms with Gasteiger partial charge in [0.25, 0.3) is 11.8 Å². The van der Waals surface area contributed by atoms with Gasteiger partial charge in [0.15, 0.2) is 0 Å². The molecule has 1 aromatic heterocycles. The molecular weight excluding hydrogens is 455 g/mol. The molecule has 0 radical (unpaired) electrons. The highest BCUT2D eigenvalue weighted by atomic mass is 32.2. The third kappa shape index (κ3) is 4.04. The summed E-state index contributed by atoms with van der Waals surface area (Å²) in [5.74, 6) is -0.664. The molecule has 0 aliphatic carbocycles. The molecule has 6 nitrogen and oxygen atoms in total. The molecule has 8 heteroatoms. The summed E-state index contributed by atoms with van der Waals surface area (Å²) >= 11 is 0. The lowest BCUT2D eigenvalue weighted by molar-refractivity contribution is 0.0945. The summed E-state index contributed by atoms with van der Waals surface area (Å²) in [4.78, 5) is 28.5. The lowest BCUT2D eigenvalue weighted by Gasteiger charge is -2.24. The van der Waals surface area contributed by atoms with Gasteiger partial charge in [0, 0.05) is 11.1 Å². The predicted octanol–water partition coefficient (Wildman–Crippen LogP) is 4.68. The molecule has 5 rings (SSSR count). The number of hydrogen-bond acceptors (Lipinski definition) is 4. The highest BCUT2D eigenvalue weighted by molar-refractivity contribution is 7.85. The molecule has 1 atom stereocenters. The zero-order valence-corrected chi connectivity index (χ0v) is 18.7. The van der Waals surface area contributed by atoms with Gasteiger partial charge in [0.2, 0.25) is 0 Å². The Morgan fingerprint density at radius 3 is 2.56 bits per heavy atom. The number of halogens is 1. The summed E-state index contributed by atoms with van der Waals surface area (Å²) < 4.78 is 33.2. The number of benzene rings is 3. The van der Waals surface area contributed by atoms with E-state index in [9.17, 15) is 18.2 Å². The molecule has 0 spiro atoms. The van der Waals surface area contributed by atoms with Crippen molar-refractivity contribution < 1.29 is 22.6 Å². The standard InChI is InChI=1S/C26H19FN2O4S/c27-21-9-3-1-6-18(21)16-29-22-14-17(25(30)28-15-19-7-5-13-33-19)11-12-24(22)34(32)23-10-4-2-8-20(23)26(29)31/h1-14H,15-16H2,(H,28,30)/t34-/m0/s1. The zero-order chi connectivity index (χ0) is 23.7. The van der Waals surface area contributed by atoms with Crippen molar-refractivity contribution in [3.8, 4) is 0 Å². The smallest absolute Gasteiger partial charge is 0.259 e. The van der Waals surface area contributed by atoms with Crippen LogP contribution < -0.4 is 10.2 Å². The number of hydrogen-bond donors (Lipinski definition) is 1. The van der Waals surface area contributed by atoms with Crippen LogP contribution in [-0.4, -0.2) is 16.0 Å². The molecule has 170 valence electrons. The zero-order valence-electron chi connectivity index (χ0n) is 17.9. The Kier molecular flexibility index (Phi) is 5.81. The van der Waals surface area contributed by atoms with E-state index in [4.69, 9.17) is 4.42 Å². The van der Waals surface area contributed by atoms with E-state index in [0.717, 1.165) is 0 Å². The van der Waals surface area contributed by atoms with Crippen LogP contribution in [0.3, 0.4) is 0 Å². The molecule has 0 fully saturated rings. The largest absolute Gasteiger partial charge is 0.467 e. The second kappa shape index (κ2) is 9.07. The molecule has 0 saturated carbocycles. The van der Waals surface area contributed by atoms with E-state index in [2.05, 4.69) is 5.32 Å². The highest BCUT2D eigenvalue weighted by Crippen LogP contribution is 2.36. The second-order valence-electron chi connectivity index (χ2n) is 7.69. The van der Waals surface area contributed by atoms with Crippen LogP contribution in [0.2, 0.25) is 0 Å². The van der Waals surface area contributed by atoms with Crippen LogP contribution in [0.5, 0.6) is 0 Å². The average Bonchev–Trinajstić information content (AvgIpc) is 3.37. The van der Waals surface area contributed by atoms with E-state index in [1.54, 1.807) is 66.7 Å². The first-order valence-electron chi connectivity index (χ1n) is 10.5. The van der Waals surface area contributed by atoms with E-state index in [-0.39, 0.29) is 30.1 Å². The lowest BCUT2D eigenvalue weighted by Crippen LogP contribution is -2.31. The van der Waals surface area contributed by atoms with Gasteiger partial charge in [-0.05, 0) is 48.5 Å². The second-order valence-corrected chi connectivity index (χ2v) is 9.11. The molecule has 3 aromatic carbocycles. The topological polar surface area (TPSA) is 79.6 Å². The van der Waals surface area contributed by atoms with Gasteiger partial charge >= 0.3 is 0 Å². The molecule has 0 saturated heterocycles. The van der Waals surface area contributed by atoms with Crippen LogP contribution in [-0.2, 0) is 23.9 Å². The molecule has 1 aliphatic rings. The molecule has 2 amide bonds. The number of carbonyl (C=O) groups is 2. The molecule has 0 unspecified atom stereocenters. The van der Waals surface area contributed by atoms with E-state index in [1.165, 1.54) is 23.3 Å². The van der Waals surface area contributed by atoms with Gasteiger partial charge in [0.1, 0.15) is 11.6 Å². The van der Waals surface area contributed by atoms with Gasteiger partial charge in [-0.3, -0.25) is 9.59 Å². The van der Waals surface area contributed by atoms with Gasteiger partial charge in [0.05, 0.1) is 51.2 Å². The first kappa shape index (κ1) is 21.8. The number of carbonyl (C=O) groups excluding carboxylic acids is 2. The molecular formula is C26H19FN2O4S. The van der Waals surface area contributed by atoms with Crippen molar-refractivity contribution in [2.24, 2.45) is 0 Å². The first-order chi connectivity index (χ1) is 16.5. The summed E-state index contributed by atoms with van der Waals surface area (Å²) in [6.45, 7) is 0.111. The quantitative estimate of drug-likeness (QED) is 0.456. The van der Waals surface area contributed by atoms with Gasteiger partial charge in [-0.1, -0.05) is 30.3 Å². The number of furan rings is 1. The SMILES string of the molecule is O=C(NCc1ccco1)c1ccc2c(c1)N(Cc1ccccc1F)C(=O)c1ccccc1[S@@]2=O. The summed E-state index contributed by atoms with van der Waals surface area (Å²) in [5.41, 5.74) is 1.16. The van der Waals surface area contributed by atoms with Crippen molar-refractivity contribution in [1.29, 1.82) is 0 Å². The van der Waals surface area contributed by atoms with Crippen LogP contribution in [0.1, 0.15) is 32.0 Å². The van der Waals surface area contributed by atoms with Crippen LogP contribution in [0.25, 0.3) is 0 Å². The van der Waals surface area contributed by atoms with Crippen LogP contribution in [0.15, 0.2) is 99.3 Å². The van der Waals surface area contributed by atoms with Crippen molar-refractivity contribution in [2.45, 2.75) is 22.9 Å². The van der Waals surface area contributed by atoms with Gasteiger partial charge < -0.3 is 14.6 Å². The van der Waals surface area contributed by atoms with Gasteiger partial charge in [-0.25, -0.2) is 8.60 Å². The maximum atomic E-state index is 14.5. The van der Waals surface area contributed by atoms with Crippen molar-refractivity contribution in [3.05, 3.63) is 113 Å². The van der Waals surface area contributed by atoms with Gasteiger partial charge in [-0.2, -0.15) is 0 Å². The average molecular weight is 475 g/mol.